The van der Waals surface area contributed by atoms with Crippen LogP contribution in [0.15, 0.2) is 36.7 Å². The molecule has 1 atom stereocenters. The van der Waals surface area contributed by atoms with Crippen molar-refractivity contribution in [2.24, 2.45) is 7.05 Å². The van der Waals surface area contributed by atoms with Gasteiger partial charge in [-0.15, -0.1) is 0 Å². The Labute approximate surface area is 150 Å². The summed E-state index contributed by atoms with van der Waals surface area (Å²) in [6.07, 6.45) is 5.42. The molecule has 2 aromatic heterocycles. The molecular weight excluding hydrogens is 333 g/mol. The largest absolute Gasteiger partial charge is 0.342 e. The minimum atomic E-state index is -0.314. The first-order valence-electron chi connectivity index (χ1n) is 8.77. The summed E-state index contributed by atoms with van der Waals surface area (Å²) in [5, 5.41) is 4.61. The molecule has 1 aliphatic heterocycles. The van der Waals surface area contributed by atoms with Crippen LogP contribution >= 0.6 is 0 Å². The number of aryl methyl sites for hydroxylation is 1. The first kappa shape index (κ1) is 16.6. The third-order valence-electron chi connectivity index (χ3n) is 4.89. The maximum atomic E-state index is 13.3. The smallest absolute Gasteiger partial charge is 0.227 e. The average molecular weight is 353 g/mol. The highest BCUT2D eigenvalue weighted by atomic mass is 19.1. The van der Waals surface area contributed by atoms with Crippen LogP contribution in [0.3, 0.4) is 0 Å². The molecule has 0 N–H and O–H groups in total. The summed E-state index contributed by atoms with van der Waals surface area (Å²) >= 11 is 0. The van der Waals surface area contributed by atoms with Gasteiger partial charge in [0.05, 0.1) is 12.1 Å². The number of halogens is 1. The van der Waals surface area contributed by atoms with Gasteiger partial charge in [0.1, 0.15) is 11.3 Å². The second-order valence-electron chi connectivity index (χ2n) is 6.72. The molecule has 26 heavy (non-hydrogen) atoms. The van der Waals surface area contributed by atoms with Crippen LogP contribution in [0.5, 0.6) is 0 Å². The summed E-state index contributed by atoms with van der Waals surface area (Å²) in [6, 6.07) is 6.22. The zero-order chi connectivity index (χ0) is 18.1. The van der Waals surface area contributed by atoms with Crippen molar-refractivity contribution >= 4 is 17.1 Å². The van der Waals surface area contributed by atoms with Crippen molar-refractivity contribution in [2.45, 2.75) is 25.2 Å². The van der Waals surface area contributed by atoms with Crippen molar-refractivity contribution in [1.29, 1.82) is 0 Å². The zero-order valence-electron chi connectivity index (χ0n) is 14.6. The van der Waals surface area contributed by atoms with Gasteiger partial charge in [-0.1, -0.05) is 12.1 Å². The lowest BCUT2D eigenvalue weighted by atomic mass is 9.94. The van der Waals surface area contributed by atoms with Gasteiger partial charge in [-0.05, 0) is 30.5 Å². The van der Waals surface area contributed by atoms with Crippen LogP contribution in [0, 0.1) is 5.82 Å². The Morgan fingerprint density at radius 2 is 2.15 bits per heavy atom. The first-order valence-corrected chi connectivity index (χ1v) is 8.77. The second kappa shape index (κ2) is 6.82. The van der Waals surface area contributed by atoms with Crippen LogP contribution in [0.25, 0.3) is 11.2 Å². The molecule has 7 heteroatoms. The molecule has 3 aromatic rings. The minimum Gasteiger partial charge on any atom is -0.342 e. The highest BCUT2D eigenvalue weighted by Gasteiger charge is 2.28. The fourth-order valence-corrected chi connectivity index (χ4v) is 3.64. The number of piperidine rings is 1. The minimum absolute atomic E-state index is 0.0200. The van der Waals surface area contributed by atoms with Gasteiger partial charge in [0.25, 0.3) is 0 Å². The van der Waals surface area contributed by atoms with Crippen LogP contribution in [0.1, 0.15) is 30.0 Å². The molecule has 3 heterocycles. The lowest BCUT2D eigenvalue weighted by Crippen LogP contribution is -2.40. The van der Waals surface area contributed by atoms with Crippen LogP contribution < -0.4 is 0 Å². The predicted octanol–water partition coefficient (Wildman–Crippen LogP) is 2.45. The van der Waals surface area contributed by atoms with E-state index in [1.807, 2.05) is 11.9 Å². The van der Waals surface area contributed by atoms with E-state index in [0.717, 1.165) is 36.2 Å². The van der Waals surface area contributed by atoms with Gasteiger partial charge in [0, 0.05) is 38.4 Å². The van der Waals surface area contributed by atoms with Crippen molar-refractivity contribution in [1.82, 2.24) is 24.6 Å². The number of fused-ring (bicyclic) bond motifs is 1. The number of carbonyl (C=O) groups is 1. The molecule has 0 radical (unpaired) electrons. The van der Waals surface area contributed by atoms with Crippen molar-refractivity contribution in [2.75, 3.05) is 13.1 Å². The number of hydrogen-bond acceptors (Lipinski definition) is 4. The number of aromatic nitrogens is 4. The van der Waals surface area contributed by atoms with Crippen LogP contribution in [0.2, 0.25) is 0 Å². The molecule has 0 bridgehead atoms. The van der Waals surface area contributed by atoms with Gasteiger partial charge < -0.3 is 4.90 Å². The number of nitrogens with zero attached hydrogens (tertiary/aromatic N) is 5. The molecule has 0 saturated carbocycles. The van der Waals surface area contributed by atoms with Gasteiger partial charge in [-0.25, -0.2) is 19.0 Å². The van der Waals surface area contributed by atoms with Crippen molar-refractivity contribution in [3.05, 3.63) is 53.7 Å². The van der Waals surface area contributed by atoms with E-state index < -0.39 is 0 Å². The topological polar surface area (TPSA) is 63.9 Å². The number of likely N-dealkylation sites (tertiary alicyclic amines) is 1. The molecule has 0 spiro atoms. The molecule has 0 aliphatic carbocycles. The van der Waals surface area contributed by atoms with Crippen LogP contribution in [-0.4, -0.2) is 43.6 Å². The summed E-state index contributed by atoms with van der Waals surface area (Å²) in [5.41, 5.74) is 3.16. The quantitative estimate of drug-likeness (QED) is 0.726. The van der Waals surface area contributed by atoms with Crippen LogP contribution in [0.4, 0.5) is 4.39 Å². The van der Waals surface area contributed by atoms with Gasteiger partial charge in [0.15, 0.2) is 5.65 Å². The summed E-state index contributed by atoms with van der Waals surface area (Å²) in [4.78, 5) is 23.3. The van der Waals surface area contributed by atoms with E-state index in [1.54, 1.807) is 29.2 Å². The Bertz CT molecular complexity index is 954. The standard InChI is InChI=1S/C19H20FN5O/c1-24-19-18(21-7-8-22-19)17(23-24)14-5-3-9-25(12-14)16(26)11-13-4-2-6-15(20)10-13/h2,4,6-8,10,14H,3,5,9,11-12H2,1H3/t14-/m0/s1. The van der Waals surface area contributed by atoms with E-state index in [9.17, 15) is 9.18 Å². The molecule has 1 amide bonds. The van der Waals surface area contributed by atoms with E-state index in [1.165, 1.54) is 12.1 Å². The average Bonchev–Trinajstić information content (AvgIpc) is 2.99. The molecular formula is C19H20FN5O. The van der Waals surface area contributed by atoms with Gasteiger partial charge >= 0.3 is 0 Å². The molecule has 1 fully saturated rings. The lowest BCUT2D eigenvalue weighted by molar-refractivity contribution is -0.131. The van der Waals surface area contributed by atoms with Crippen molar-refractivity contribution in [3.63, 3.8) is 0 Å². The summed E-state index contributed by atoms with van der Waals surface area (Å²) in [7, 11) is 1.86. The highest BCUT2D eigenvalue weighted by Crippen LogP contribution is 2.30. The third kappa shape index (κ3) is 3.16. The fraction of sp³-hybridized carbons (Fsp3) is 0.368. The van der Waals surface area contributed by atoms with E-state index >= 15 is 0 Å². The molecule has 1 aromatic carbocycles. The molecule has 134 valence electrons. The lowest BCUT2D eigenvalue weighted by Gasteiger charge is -2.32. The van der Waals surface area contributed by atoms with E-state index in [2.05, 4.69) is 15.1 Å². The van der Waals surface area contributed by atoms with Crippen LogP contribution in [-0.2, 0) is 18.3 Å². The Morgan fingerprint density at radius 1 is 1.31 bits per heavy atom. The van der Waals surface area contributed by atoms with Crippen molar-refractivity contribution < 1.29 is 9.18 Å². The van der Waals surface area contributed by atoms with Gasteiger partial charge in [-0.3, -0.25) is 4.79 Å². The zero-order valence-corrected chi connectivity index (χ0v) is 14.6. The van der Waals surface area contributed by atoms with Gasteiger partial charge in [0.2, 0.25) is 5.91 Å². The Morgan fingerprint density at radius 3 is 3.00 bits per heavy atom. The SMILES string of the molecule is Cn1nc([C@H]2CCCN(C(=O)Cc3cccc(F)c3)C2)c2nccnc21. The summed E-state index contributed by atoms with van der Waals surface area (Å²) < 4.78 is 15.1. The van der Waals surface area contributed by atoms with E-state index in [4.69, 9.17) is 0 Å². The summed E-state index contributed by atoms with van der Waals surface area (Å²) in [5.74, 6) is -0.155. The van der Waals surface area contributed by atoms with Gasteiger partial charge in [-0.2, -0.15) is 5.10 Å². The molecule has 0 unspecified atom stereocenters. The normalized spacial score (nSPS) is 17.6. The second-order valence-corrected chi connectivity index (χ2v) is 6.72. The number of rotatable bonds is 3. The van der Waals surface area contributed by atoms with Crippen molar-refractivity contribution in [3.8, 4) is 0 Å². The monoisotopic (exact) mass is 353 g/mol. The number of carbonyl (C=O) groups excluding carboxylic acids is 1. The molecule has 4 rings (SSSR count). The predicted molar refractivity (Wildman–Crippen MR) is 95.0 cm³/mol. The molecule has 1 aliphatic rings. The molecule has 1 saturated heterocycles. The van der Waals surface area contributed by atoms with E-state index in [-0.39, 0.29) is 24.1 Å². The fourth-order valence-electron chi connectivity index (χ4n) is 3.64. The Kier molecular flexibility index (Phi) is 4.36. The number of amides is 1. The first-order chi connectivity index (χ1) is 12.6. The molecule has 6 nitrogen and oxygen atoms in total. The van der Waals surface area contributed by atoms with E-state index in [0.29, 0.717) is 12.1 Å². The Hall–Kier alpha value is -2.83. The maximum Gasteiger partial charge on any atom is 0.227 e. The highest BCUT2D eigenvalue weighted by molar-refractivity contribution is 5.79. The third-order valence-corrected chi connectivity index (χ3v) is 4.89. The summed E-state index contributed by atoms with van der Waals surface area (Å²) in [6.45, 7) is 1.33. The number of benzene rings is 1. The maximum absolute atomic E-state index is 13.3. The Balaban J connectivity index is 1.53. The number of hydrogen-bond donors (Lipinski definition) is 0.